The third-order valence-corrected chi connectivity index (χ3v) is 7.24. The van der Waals surface area contributed by atoms with Crippen LogP contribution in [0.4, 0.5) is 20.4 Å². The van der Waals surface area contributed by atoms with Gasteiger partial charge in [0, 0.05) is 44.3 Å². The number of hydrogen-bond donors (Lipinski definition) is 2. The first-order valence-electron chi connectivity index (χ1n) is 12.4. The lowest BCUT2D eigenvalue weighted by Crippen LogP contribution is -2.36. The molecule has 210 valence electrons. The highest BCUT2D eigenvalue weighted by atomic mass is 32.1. The van der Waals surface area contributed by atoms with Crippen LogP contribution in [0.2, 0.25) is 0 Å². The Bertz CT molecular complexity index is 1500. The second-order valence-corrected chi connectivity index (χ2v) is 10.0. The van der Waals surface area contributed by atoms with Gasteiger partial charge in [-0.1, -0.05) is 18.2 Å². The van der Waals surface area contributed by atoms with Crippen molar-refractivity contribution in [3.05, 3.63) is 53.7 Å². The Morgan fingerprint density at radius 1 is 1.23 bits per heavy atom. The Labute approximate surface area is 232 Å². The van der Waals surface area contributed by atoms with Gasteiger partial charge in [0.05, 0.1) is 18.5 Å². The van der Waals surface area contributed by atoms with Crippen LogP contribution in [0.1, 0.15) is 12.0 Å². The summed E-state index contributed by atoms with van der Waals surface area (Å²) < 4.78 is 37.5. The van der Waals surface area contributed by atoms with Crippen LogP contribution < -0.4 is 10.1 Å². The normalized spacial score (nSPS) is 17.1. The zero-order valence-corrected chi connectivity index (χ0v) is 22.6. The smallest absolute Gasteiger partial charge is 0.258 e. The van der Waals surface area contributed by atoms with Gasteiger partial charge in [-0.3, -0.25) is 9.48 Å². The minimum atomic E-state index is -2.58. The van der Waals surface area contributed by atoms with E-state index in [1.54, 1.807) is 37.5 Å². The average Bonchev–Trinajstić information content (AvgIpc) is 3.65. The number of hydrogen-bond acceptors (Lipinski definition) is 10. The molecule has 40 heavy (non-hydrogen) atoms. The van der Waals surface area contributed by atoms with E-state index >= 15 is 0 Å². The van der Waals surface area contributed by atoms with Crippen LogP contribution in [0.3, 0.4) is 0 Å². The number of alkyl halides is 2. The van der Waals surface area contributed by atoms with Crippen molar-refractivity contribution in [2.45, 2.75) is 25.0 Å². The van der Waals surface area contributed by atoms with Crippen LogP contribution in [-0.4, -0.2) is 81.0 Å². The summed E-state index contributed by atoms with van der Waals surface area (Å²) in [5.41, 5.74) is 1.20. The molecular formula is C26H27F2N7O4S. The average molecular weight is 572 g/mol. The number of nitrogens with zero attached hydrogens (tertiary/aromatic N) is 6. The maximum atomic E-state index is 12.9. The van der Waals surface area contributed by atoms with E-state index in [9.17, 15) is 18.7 Å². The molecule has 0 spiro atoms. The van der Waals surface area contributed by atoms with E-state index in [4.69, 9.17) is 14.5 Å². The molecule has 11 nitrogen and oxygen atoms in total. The van der Waals surface area contributed by atoms with E-state index in [-0.39, 0.29) is 24.3 Å². The molecule has 0 bridgehead atoms. The van der Waals surface area contributed by atoms with Crippen LogP contribution in [0.15, 0.2) is 48.1 Å². The highest BCUT2D eigenvalue weighted by Crippen LogP contribution is 2.36. The van der Waals surface area contributed by atoms with Crippen LogP contribution in [0.5, 0.6) is 5.88 Å². The number of ether oxygens (including phenoxy) is 2. The number of aromatic nitrogens is 5. The maximum absolute atomic E-state index is 12.9. The topological polar surface area (TPSA) is 128 Å². The Hall–Kier alpha value is -4.01. The van der Waals surface area contributed by atoms with Crippen LogP contribution in [0, 0.1) is 0 Å². The first kappa shape index (κ1) is 27.6. The van der Waals surface area contributed by atoms with Crippen molar-refractivity contribution in [2.24, 2.45) is 0 Å². The van der Waals surface area contributed by atoms with Crippen molar-refractivity contribution < 1.29 is 28.2 Å². The van der Waals surface area contributed by atoms with Crippen LogP contribution in [0.25, 0.3) is 22.0 Å². The first-order chi connectivity index (χ1) is 19.3. The minimum absolute atomic E-state index is 0.121. The number of anilines is 2. The molecule has 1 fully saturated rings. The molecule has 0 saturated carbocycles. The fourth-order valence-electron chi connectivity index (χ4n) is 4.29. The molecule has 1 aliphatic heterocycles. The number of amides is 1. The quantitative estimate of drug-likeness (QED) is 0.260. The number of benzene rings is 1. The highest BCUT2D eigenvalue weighted by Gasteiger charge is 2.45. The molecule has 1 aromatic carbocycles. The minimum Gasteiger partial charge on any atom is -0.473 e. The highest BCUT2D eigenvalue weighted by molar-refractivity contribution is 7.13. The third-order valence-electron chi connectivity index (χ3n) is 6.34. The summed E-state index contributed by atoms with van der Waals surface area (Å²) in [7, 11) is 3.20. The summed E-state index contributed by atoms with van der Waals surface area (Å²) in [4.78, 5) is 27.6. The second kappa shape index (κ2) is 11.6. The molecule has 1 aliphatic rings. The Balaban J connectivity index is 1.36. The third kappa shape index (κ3) is 5.78. The van der Waals surface area contributed by atoms with Crippen molar-refractivity contribution >= 4 is 28.9 Å². The summed E-state index contributed by atoms with van der Waals surface area (Å²) in [5.74, 6) is 0.00180. The molecule has 1 atom stereocenters. The van der Waals surface area contributed by atoms with Gasteiger partial charge in [-0.05, 0) is 17.7 Å². The van der Waals surface area contributed by atoms with Gasteiger partial charge in [0.1, 0.15) is 29.5 Å². The molecule has 14 heteroatoms. The van der Waals surface area contributed by atoms with Gasteiger partial charge >= 0.3 is 0 Å². The van der Waals surface area contributed by atoms with Gasteiger partial charge in [-0.2, -0.15) is 0 Å². The van der Waals surface area contributed by atoms with Crippen molar-refractivity contribution in [2.75, 3.05) is 39.2 Å². The summed E-state index contributed by atoms with van der Waals surface area (Å²) in [6.45, 7) is 0.380. The number of carbonyl (C=O) groups is 1. The number of nitrogens with one attached hydrogen (secondary N) is 1. The summed E-state index contributed by atoms with van der Waals surface area (Å²) in [6.07, 6.45) is 0.698. The van der Waals surface area contributed by atoms with Crippen molar-refractivity contribution in [3.63, 3.8) is 0 Å². The van der Waals surface area contributed by atoms with Crippen LogP contribution in [-0.2, 0) is 21.7 Å². The molecule has 3 aromatic heterocycles. The van der Waals surface area contributed by atoms with E-state index in [1.165, 1.54) is 29.5 Å². The summed E-state index contributed by atoms with van der Waals surface area (Å²) in [6, 6.07) is 8.89. The van der Waals surface area contributed by atoms with Gasteiger partial charge in [0.2, 0.25) is 5.95 Å². The number of rotatable bonds is 11. The molecule has 1 saturated heterocycles. The molecule has 0 radical (unpaired) electrons. The standard InChI is InChI=1S/C26H27F2N7O4S/c1-34-9-7-26(37,24(34)36)17-5-3-4-16(12-17)23-30-20(15-40-23)18-6-8-29-25(31-18)32-19-13-35(14-21(27)28)33-22(19)39-11-10-38-2/h3-6,8,12-13,15,21,37H,7,9-11,14H2,1-2H3,(H,29,31,32)/t26-/m1/s1. The van der Waals surface area contributed by atoms with Gasteiger partial charge in [-0.15, -0.1) is 16.4 Å². The van der Waals surface area contributed by atoms with Crippen molar-refractivity contribution in [1.29, 1.82) is 0 Å². The molecule has 5 rings (SSSR count). The zero-order valence-electron chi connectivity index (χ0n) is 21.8. The zero-order chi connectivity index (χ0) is 28.3. The van der Waals surface area contributed by atoms with Gasteiger partial charge < -0.3 is 24.8 Å². The van der Waals surface area contributed by atoms with E-state index in [0.717, 1.165) is 10.2 Å². The van der Waals surface area contributed by atoms with Crippen molar-refractivity contribution in [3.8, 4) is 27.8 Å². The molecule has 0 unspecified atom stereocenters. The predicted octanol–water partition coefficient (Wildman–Crippen LogP) is 3.55. The SMILES string of the molecule is COCCOc1nn(CC(F)F)cc1Nc1nccc(-c2csc(-c3cccc([C@]4(O)CCN(C)C4=O)c3)n2)n1. The fourth-order valence-corrected chi connectivity index (χ4v) is 5.10. The number of carbonyl (C=O) groups excluding carboxylic acids is 1. The summed E-state index contributed by atoms with van der Waals surface area (Å²) in [5, 5.41) is 20.6. The van der Waals surface area contributed by atoms with Gasteiger partial charge in [0.25, 0.3) is 18.2 Å². The van der Waals surface area contributed by atoms with Crippen molar-refractivity contribution in [1.82, 2.24) is 29.6 Å². The number of aliphatic hydroxyl groups is 1. The Morgan fingerprint density at radius 2 is 2.08 bits per heavy atom. The molecule has 4 heterocycles. The lowest BCUT2D eigenvalue weighted by atomic mass is 9.91. The van der Waals surface area contributed by atoms with E-state index in [0.29, 0.717) is 47.2 Å². The lowest BCUT2D eigenvalue weighted by molar-refractivity contribution is -0.143. The maximum Gasteiger partial charge on any atom is 0.258 e. The molecule has 4 aromatic rings. The van der Waals surface area contributed by atoms with E-state index in [2.05, 4.69) is 20.4 Å². The number of methoxy groups -OCH3 is 1. The monoisotopic (exact) mass is 571 g/mol. The second-order valence-electron chi connectivity index (χ2n) is 9.15. The Kier molecular flexibility index (Phi) is 8.00. The lowest BCUT2D eigenvalue weighted by Gasteiger charge is -2.21. The number of likely N-dealkylation sites (tertiary alicyclic amines) is 1. The molecular weight excluding hydrogens is 544 g/mol. The Morgan fingerprint density at radius 3 is 2.83 bits per heavy atom. The van der Waals surface area contributed by atoms with E-state index < -0.39 is 18.6 Å². The van der Waals surface area contributed by atoms with E-state index in [1.807, 2.05) is 11.4 Å². The first-order valence-corrected chi connectivity index (χ1v) is 13.3. The number of thiazole rings is 1. The largest absolute Gasteiger partial charge is 0.473 e. The molecule has 2 N–H and O–H groups in total. The fraction of sp³-hybridized carbons (Fsp3) is 0.346. The molecule has 0 aliphatic carbocycles. The number of halogens is 2. The predicted molar refractivity (Wildman–Crippen MR) is 144 cm³/mol. The summed E-state index contributed by atoms with van der Waals surface area (Å²) >= 11 is 1.40. The number of likely N-dealkylation sites (N-methyl/N-ethyl adjacent to an activating group) is 1. The van der Waals surface area contributed by atoms with Gasteiger partial charge in [-0.25, -0.2) is 23.7 Å². The van der Waals surface area contributed by atoms with Crippen LogP contribution >= 0.6 is 11.3 Å². The van der Waals surface area contributed by atoms with Gasteiger partial charge in [0.15, 0.2) is 5.60 Å². The molecule has 1 amide bonds.